The molecule has 14 heavy (non-hydrogen) atoms. The Hall–Kier alpha value is -0.570. The van der Waals surface area contributed by atoms with Crippen LogP contribution in [0.2, 0.25) is 0 Å². The van der Waals surface area contributed by atoms with Crippen molar-refractivity contribution in [1.82, 2.24) is 4.90 Å². The van der Waals surface area contributed by atoms with Crippen molar-refractivity contribution < 1.29 is 0 Å². The first-order chi connectivity index (χ1) is 6.74. The van der Waals surface area contributed by atoms with Crippen LogP contribution in [0.5, 0.6) is 0 Å². The summed E-state index contributed by atoms with van der Waals surface area (Å²) in [5.74, 6) is 0.334. The zero-order valence-electron chi connectivity index (χ0n) is 9.26. The van der Waals surface area contributed by atoms with Gasteiger partial charge in [-0.1, -0.05) is 19.8 Å². The van der Waals surface area contributed by atoms with Gasteiger partial charge in [0, 0.05) is 12.5 Å². The minimum Gasteiger partial charge on any atom is -0.388 e. The molecule has 3 heteroatoms. The highest BCUT2D eigenvalue weighted by atomic mass is 15.2. The van der Waals surface area contributed by atoms with Crippen LogP contribution >= 0.6 is 0 Å². The monoisotopic (exact) mass is 197 g/mol. The molecule has 3 nitrogen and oxygen atoms in total. The number of amidine groups is 1. The molecular formula is C11H23N3. The predicted molar refractivity (Wildman–Crippen MR) is 60.7 cm³/mol. The molecule has 0 aromatic carbocycles. The van der Waals surface area contributed by atoms with Gasteiger partial charge in [-0.3, -0.25) is 10.3 Å². The Labute approximate surface area is 87.2 Å². The molecule has 0 bridgehead atoms. The van der Waals surface area contributed by atoms with Crippen molar-refractivity contribution in [2.45, 2.75) is 51.5 Å². The molecule has 1 fully saturated rings. The van der Waals surface area contributed by atoms with Crippen molar-refractivity contribution in [2.24, 2.45) is 5.73 Å². The maximum Gasteiger partial charge on any atom is 0.0921 e. The van der Waals surface area contributed by atoms with Gasteiger partial charge in [0.2, 0.25) is 0 Å². The van der Waals surface area contributed by atoms with Gasteiger partial charge in [-0.05, 0) is 32.4 Å². The van der Waals surface area contributed by atoms with Crippen LogP contribution in [0.25, 0.3) is 0 Å². The van der Waals surface area contributed by atoms with Gasteiger partial charge in [0.15, 0.2) is 0 Å². The molecule has 0 aromatic heterocycles. The average molecular weight is 197 g/mol. The Morgan fingerprint density at radius 2 is 1.86 bits per heavy atom. The zero-order valence-corrected chi connectivity index (χ0v) is 9.26. The first-order valence-corrected chi connectivity index (χ1v) is 5.81. The van der Waals surface area contributed by atoms with Crippen molar-refractivity contribution >= 4 is 5.84 Å². The lowest BCUT2D eigenvalue weighted by Crippen LogP contribution is -2.38. The van der Waals surface area contributed by atoms with Crippen LogP contribution in [-0.2, 0) is 0 Å². The minimum absolute atomic E-state index is 0.334. The van der Waals surface area contributed by atoms with Gasteiger partial charge >= 0.3 is 0 Å². The van der Waals surface area contributed by atoms with Crippen LogP contribution in [0.15, 0.2) is 0 Å². The van der Waals surface area contributed by atoms with Crippen molar-refractivity contribution in [3.05, 3.63) is 0 Å². The molecule has 1 aliphatic heterocycles. The van der Waals surface area contributed by atoms with Crippen LogP contribution < -0.4 is 5.73 Å². The van der Waals surface area contributed by atoms with Crippen LogP contribution in [0.1, 0.15) is 45.4 Å². The molecule has 0 radical (unpaired) electrons. The lowest BCUT2D eigenvalue weighted by molar-refractivity contribution is 0.202. The highest BCUT2D eigenvalue weighted by molar-refractivity contribution is 5.77. The molecule has 1 unspecified atom stereocenters. The summed E-state index contributed by atoms with van der Waals surface area (Å²) >= 11 is 0. The summed E-state index contributed by atoms with van der Waals surface area (Å²) in [5.41, 5.74) is 5.47. The molecule has 0 spiro atoms. The van der Waals surface area contributed by atoms with Crippen molar-refractivity contribution in [2.75, 3.05) is 13.1 Å². The van der Waals surface area contributed by atoms with Gasteiger partial charge < -0.3 is 5.73 Å². The number of nitrogens with one attached hydrogen (secondary N) is 1. The van der Waals surface area contributed by atoms with Gasteiger partial charge in [0.25, 0.3) is 0 Å². The number of rotatable bonds is 4. The predicted octanol–water partition coefficient (Wildman–Crippen LogP) is 1.97. The van der Waals surface area contributed by atoms with E-state index in [0.717, 1.165) is 12.8 Å². The summed E-state index contributed by atoms with van der Waals surface area (Å²) < 4.78 is 0. The molecule has 1 aliphatic rings. The molecule has 1 atom stereocenters. The highest BCUT2D eigenvalue weighted by Crippen LogP contribution is 2.16. The molecule has 82 valence electrons. The SMILES string of the molecule is CCC(CC(=N)N)N1CCCCCC1. The van der Waals surface area contributed by atoms with E-state index in [2.05, 4.69) is 11.8 Å². The lowest BCUT2D eigenvalue weighted by atomic mass is 10.1. The number of hydrogen-bond donors (Lipinski definition) is 2. The van der Waals surface area contributed by atoms with Crippen LogP contribution in [0.4, 0.5) is 0 Å². The topological polar surface area (TPSA) is 53.1 Å². The van der Waals surface area contributed by atoms with E-state index in [1.54, 1.807) is 0 Å². The van der Waals surface area contributed by atoms with Crippen molar-refractivity contribution in [1.29, 1.82) is 5.41 Å². The summed E-state index contributed by atoms with van der Waals surface area (Å²) in [7, 11) is 0. The summed E-state index contributed by atoms with van der Waals surface area (Å²) in [6, 6.07) is 0.505. The van der Waals surface area contributed by atoms with E-state index < -0.39 is 0 Å². The number of nitrogens with two attached hydrogens (primary N) is 1. The second kappa shape index (κ2) is 6.02. The van der Waals surface area contributed by atoms with E-state index >= 15 is 0 Å². The van der Waals surface area contributed by atoms with E-state index in [0.29, 0.717) is 11.9 Å². The fourth-order valence-corrected chi connectivity index (χ4v) is 2.25. The smallest absolute Gasteiger partial charge is 0.0921 e. The lowest BCUT2D eigenvalue weighted by Gasteiger charge is -2.29. The molecule has 0 aromatic rings. The Kier molecular flexibility index (Phi) is 4.94. The third kappa shape index (κ3) is 3.66. The van der Waals surface area contributed by atoms with Gasteiger partial charge in [-0.15, -0.1) is 0 Å². The molecule has 1 heterocycles. The summed E-state index contributed by atoms with van der Waals surface area (Å²) in [4.78, 5) is 2.52. The molecule has 3 N–H and O–H groups in total. The summed E-state index contributed by atoms with van der Waals surface area (Å²) in [5, 5.41) is 7.35. The highest BCUT2D eigenvalue weighted by Gasteiger charge is 2.18. The fourth-order valence-electron chi connectivity index (χ4n) is 2.25. The van der Waals surface area contributed by atoms with Gasteiger partial charge in [-0.2, -0.15) is 0 Å². The summed E-state index contributed by atoms with van der Waals surface area (Å²) in [6.07, 6.45) is 7.22. The quantitative estimate of drug-likeness (QED) is 0.535. The second-order valence-corrected chi connectivity index (χ2v) is 4.24. The maximum atomic E-state index is 7.35. The van der Waals surface area contributed by atoms with Crippen LogP contribution in [-0.4, -0.2) is 29.9 Å². The summed E-state index contributed by atoms with van der Waals surface area (Å²) in [6.45, 7) is 4.59. The fraction of sp³-hybridized carbons (Fsp3) is 0.909. The first kappa shape index (κ1) is 11.5. The van der Waals surface area contributed by atoms with Gasteiger partial charge in [0.05, 0.1) is 5.84 Å². The molecule has 1 saturated heterocycles. The Morgan fingerprint density at radius 3 is 2.29 bits per heavy atom. The van der Waals surface area contributed by atoms with Gasteiger partial charge in [0.1, 0.15) is 0 Å². The third-order valence-corrected chi connectivity index (χ3v) is 3.08. The normalized spacial score (nSPS) is 21.5. The Bertz CT molecular complexity index is 171. The van der Waals surface area contributed by atoms with E-state index in [4.69, 9.17) is 11.1 Å². The maximum absolute atomic E-state index is 7.35. The van der Waals surface area contributed by atoms with Gasteiger partial charge in [-0.25, -0.2) is 0 Å². The number of hydrogen-bond acceptors (Lipinski definition) is 2. The Balaban J connectivity index is 2.44. The van der Waals surface area contributed by atoms with Crippen LogP contribution in [0, 0.1) is 5.41 Å². The molecule has 0 aliphatic carbocycles. The average Bonchev–Trinajstić information content (AvgIpc) is 2.41. The van der Waals surface area contributed by atoms with E-state index in [1.165, 1.54) is 38.8 Å². The van der Waals surface area contributed by atoms with Crippen LogP contribution in [0.3, 0.4) is 0 Å². The molecular weight excluding hydrogens is 174 g/mol. The third-order valence-electron chi connectivity index (χ3n) is 3.08. The molecule has 1 rings (SSSR count). The standard InChI is InChI=1S/C11H23N3/c1-2-10(9-11(12)13)14-7-5-3-4-6-8-14/h10H,2-9H2,1H3,(H3,12,13). The van der Waals surface area contributed by atoms with Crippen molar-refractivity contribution in [3.8, 4) is 0 Å². The number of likely N-dealkylation sites (tertiary alicyclic amines) is 1. The zero-order chi connectivity index (χ0) is 10.4. The van der Waals surface area contributed by atoms with E-state index in [-0.39, 0.29) is 0 Å². The van der Waals surface area contributed by atoms with E-state index in [9.17, 15) is 0 Å². The Morgan fingerprint density at radius 1 is 1.29 bits per heavy atom. The molecule has 0 saturated carbocycles. The number of nitrogens with zero attached hydrogens (tertiary/aromatic N) is 1. The molecule has 0 amide bonds. The largest absolute Gasteiger partial charge is 0.388 e. The van der Waals surface area contributed by atoms with Crippen molar-refractivity contribution in [3.63, 3.8) is 0 Å². The van der Waals surface area contributed by atoms with E-state index in [1.807, 2.05) is 0 Å². The minimum atomic E-state index is 0.334. The first-order valence-electron chi connectivity index (χ1n) is 5.81. The second-order valence-electron chi connectivity index (χ2n) is 4.24.